The van der Waals surface area contributed by atoms with Gasteiger partial charge >= 0.3 is 11.9 Å². The van der Waals surface area contributed by atoms with E-state index in [0.29, 0.717) is 0 Å². The molecule has 2 unspecified atom stereocenters. The molecule has 0 aliphatic heterocycles. The third kappa shape index (κ3) is 13.1. The van der Waals surface area contributed by atoms with Gasteiger partial charge in [-0.2, -0.15) is 25.3 Å². The van der Waals surface area contributed by atoms with Gasteiger partial charge in [0.2, 0.25) is 10.2 Å². The molecule has 250 valence electrons. The van der Waals surface area contributed by atoms with Crippen LogP contribution in [0.3, 0.4) is 0 Å². The SMILES string of the molecule is CCOC(=O)C(CSSC(=O)[C@@H](N)CS)NC(=O)c1ccc(-c2ccc(C(=O)NC(CSSC(=O)[C@@H](N)CS)C(=O)O)cc2)cc1. The summed E-state index contributed by atoms with van der Waals surface area (Å²) in [5.41, 5.74) is 13.2. The number of carboxylic acids is 1. The molecule has 18 heteroatoms. The zero-order chi connectivity index (χ0) is 34.2. The Morgan fingerprint density at radius 1 is 0.739 bits per heavy atom. The number of aliphatic carboxylic acids is 1. The summed E-state index contributed by atoms with van der Waals surface area (Å²) in [6.45, 7) is 1.76. The van der Waals surface area contributed by atoms with Crippen molar-refractivity contribution in [1.82, 2.24) is 10.6 Å². The number of esters is 1. The molecule has 7 N–H and O–H groups in total. The molecule has 46 heavy (non-hydrogen) atoms. The second kappa shape index (κ2) is 20.8. The second-order valence-electron chi connectivity index (χ2n) is 9.25. The molecule has 12 nitrogen and oxygen atoms in total. The van der Waals surface area contributed by atoms with Crippen molar-refractivity contribution in [2.24, 2.45) is 11.5 Å². The van der Waals surface area contributed by atoms with Gasteiger partial charge in [-0.05, 0) is 63.9 Å². The van der Waals surface area contributed by atoms with E-state index >= 15 is 0 Å². The Bertz CT molecular complexity index is 1370. The lowest BCUT2D eigenvalue weighted by molar-refractivity contribution is -0.144. The van der Waals surface area contributed by atoms with Crippen molar-refractivity contribution < 1.29 is 38.6 Å². The fourth-order valence-electron chi connectivity index (χ4n) is 3.29. The molecule has 0 radical (unpaired) electrons. The number of carbonyl (C=O) groups is 6. The van der Waals surface area contributed by atoms with E-state index in [1.807, 2.05) is 0 Å². The normalized spacial score (nSPS) is 13.5. The third-order valence-electron chi connectivity index (χ3n) is 5.86. The van der Waals surface area contributed by atoms with Crippen LogP contribution in [0, 0.1) is 0 Å². The number of nitrogens with two attached hydrogens (primary N) is 2. The molecule has 4 atom stereocenters. The Balaban J connectivity index is 2.01. The quantitative estimate of drug-likeness (QED) is 0.0665. The maximum absolute atomic E-state index is 12.9. The van der Waals surface area contributed by atoms with Gasteiger partial charge in [0.15, 0.2) is 0 Å². The predicted octanol–water partition coefficient (Wildman–Crippen LogP) is 2.53. The Labute approximate surface area is 293 Å². The minimum Gasteiger partial charge on any atom is -0.480 e. The van der Waals surface area contributed by atoms with Gasteiger partial charge in [-0.25, -0.2) is 9.59 Å². The molecular formula is C28H34N4O8S6. The van der Waals surface area contributed by atoms with Crippen LogP contribution in [-0.4, -0.2) is 92.9 Å². The van der Waals surface area contributed by atoms with Gasteiger partial charge in [-0.15, -0.1) is 0 Å². The first-order chi connectivity index (χ1) is 21.9. The Morgan fingerprint density at radius 3 is 1.50 bits per heavy atom. The standard InChI is InChI=1S/C28H34N4O8S6/c1-2-40-26(37)22(14-44-46-28(39)20(30)12-42)32-24(34)18-9-5-16(6-10-18)15-3-7-17(8-4-15)23(33)31-21(25(35)36)13-43-45-27(38)19(29)11-41/h3-10,19-22,41-42H,2,11-14,29-30H2,1H3,(H,31,33)(H,32,34)(H,35,36)/t19-,20-,21?,22?/m0/s1. The van der Waals surface area contributed by atoms with Crippen LogP contribution in [0.5, 0.6) is 0 Å². The number of rotatable bonds is 18. The monoisotopic (exact) mass is 746 g/mol. The Kier molecular flexibility index (Phi) is 18.0. The largest absolute Gasteiger partial charge is 0.480 e. The van der Waals surface area contributed by atoms with Crippen LogP contribution in [0.4, 0.5) is 0 Å². The number of benzene rings is 2. The van der Waals surface area contributed by atoms with Crippen LogP contribution in [-0.2, 0) is 23.9 Å². The van der Waals surface area contributed by atoms with Crippen LogP contribution in [0.25, 0.3) is 11.1 Å². The van der Waals surface area contributed by atoms with Crippen molar-refractivity contribution in [2.75, 3.05) is 29.6 Å². The molecule has 2 aromatic rings. The van der Waals surface area contributed by atoms with Gasteiger partial charge in [0, 0.05) is 34.1 Å². The number of nitrogens with one attached hydrogen (secondary N) is 2. The zero-order valence-corrected chi connectivity index (χ0v) is 29.5. The highest BCUT2D eigenvalue weighted by molar-refractivity contribution is 8.82. The number of thiol groups is 2. The van der Waals surface area contributed by atoms with Gasteiger partial charge < -0.3 is 31.9 Å². The number of carbonyl (C=O) groups excluding carboxylic acids is 5. The number of ether oxygens (including phenoxy) is 1. The number of hydrogen-bond donors (Lipinski definition) is 7. The second-order valence-corrected chi connectivity index (χ2v) is 14.7. The fourth-order valence-corrected chi connectivity index (χ4v) is 8.03. The maximum atomic E-state index is 12.9. The van der Waals surface area contributed by atoms with Crippen molar-refractivity contribution >= 4 is 102 Å². The summed E-state index contributed by atoms with van der Waals surface area (Å²) in [5.74, 6) is -2.63. The summed E-state index contributed by atoms with van der Waals surface area (Å²) in [6, 6.07) is 9.22. The van der Waals surface area contributed by atoms with Crippen LogP contribution >= 0.6 is 68.4 Å². The Morgan fingerprint density at radius 2 is 1.13 bits per heavy atom. The van der Waals surface area contributed by atoms with E-state index in [4.69, 9.17) is 16.2 Å². The van der Waals surface area contributed by atoms with Gasteiger partial charge in [0.25, 0.3) is 11.8 Å². The molecular weight excluding hydrogens is 713 g/mol. The van der Waals surface area contributed by atoms with E-state index in [9.17, 15) is 33.9 Å². The van der Waals surface area contributed by atoms with Crippen LogP contribution < -0.4 is 22.1 Å². The summed E-state index contributed by atoms with van der Waals surface area (Å²) in [4.78, 5) is 73.5. The average Bonchev–Trinajstić information content (AvgIpc) is 3.06. The predicted molar refractivity (Wildman–Crippen MR) is 192 cm³/mol. The van der Waals surface area contributed by atoms with E-state index in [1.54, 1.807) is 43.3 Å². The van der Waals surface area contributed by atoms with Crippen molar-refractivity contribution in [2.45, 2.75) is 31.1 Å². The zero-order valence-electron chi connectivity index (χ0n) is 24.5. The molecule has 0 heterocycles. The van der Waals surface area contributed by atoms with Gasteiger partial charge in [0.05, 0.1) is 18.7 Å². The first-order valence-electron chi connectivity index (χ1n) is 13.5. The lowest BCUT2D eigenvalue weighted by atomic mass is 10.0. The van der Waals surface area contributed by atoms with Crippen LogP contribution in [0.1, 0.15) is 27.6 Å². The highest BCUT2D eigenvalue weighted by atomic mass is 33.1. The fraction of sp³-hybridized carbons (Fsp3) is 0.357. The summed E-state index contributed by atoms with van der Waals surface area (Å²) >= 11 is 7.96. The van der Waals surface area contributed by atoms with Gasteiger partial charge in [-0.3, -0.25) is 19.2 Å². The van der Waals surface area contributed by atoms with E-state index < -0.39 is 47.9 Å². The number of carboxylic acid groups (broad SMARTS) is 1. The van der Waals surface area contributed by atoms with Crippen LogP contribution in [0.15, 0.2) is 48.5 Å². The van der Waals surface area contributed by atoms with Crippen LogP contribution in [0.2, 0.25) is 0 Å². The Hall–Kier alpha value is -2.32. The minimum atomic E-state index is -1.25. The van der Waals surface area contributed by atoms with Gasteiger partial charge in [-0.1, -0.05) is 45.9 Å². The van der Waals surface area contributed by atoms with Crippen molar-refractivity contribution in [1.29, 1.82) is 0 Å². The molecule has 0 bridgehead atoms. The lowest BCUT2D eigenvalue weighted by Gasteiger charge is -2.17. The summed E-state index contributed by atoms with van der Waals surface area (Å²) in [6.07, 6.45) is 0. The molecule has 0 aliphatic rings. The van der Waals surface area contributed by atoms with E-state index in [1.165, 1.54) is 12.1 Å². The van der Waals surface area contributed by atoms with E-state index in [0.717, 1.165) is 54.3 Å². The molecule has 0 saturated heterocycles. The smallest absolute Gasteiger partial charge is 0.329 e. The molecule has 0 aliphatic carbocycles. The number of amides is 2. The van der Waals surface area contributed by atoms with Gasteiger partial charge in [0.1, 0.15) is 12.1 Å². The molecule has 2 amide bonds. The van der Waals surface area contributed by atoms with Crippen molar-refractivity contribution in [3.63, 3.8) is 0 Å². The van der Waals surface area contributed by atoms with E-state index in [-0.39, 0.29) is 51.0 Å². The first-order valence-corrected chi connectivity index (χ1v) is 19.4. The molecule has 0 aromatic heterocycles. The highest BCUT2D eigenvalue weighted by Gasteiger charge is 2.25. The average molecular weight is 747 g/mol. The molecule has 0 spiro atoms. The third-order valence-corrected chi connectivity index (χ3v) is 11.3. The van der Waals surface area contributed by atoms with Crippen molar-refractivity contribution in [3.8, 4) is 11.1 Å². The van der Waals surface area contributed by atoms with E-state index in [2.05, 4.69) is 35.9 Å². The molecule has 2 aromatic carbocycles. The summed E-state index contributed by atoms with van der Waals surface area (Å²) < 4.78 is 5.06. The first kappa shape index (κ1) is 39.9. The maximum Gasteiger partial charge on any atom is 0.329 e. The van der Waals surface area contributed by atoms with Crippen molar-refractivity contribution in [3.05, 3.63) is 59.7 Å². The molecule has 0 fully saturated rings. The summed E-state index contributed by atoms with van der Waals surface area (Å²) in [5, 5.41) is 14.0. The topological polar surface area (TPSA) is 208 Å². The highest BCUT2D eigenvalue weighted by Crippen LogP contribution is 2.26. The summed E-state index contributed by atoms with van der Waals surface area (Å²) in [7, 11) is 3.75. The molecule has 0 saturated carbocycles. The minimum absolute atomic E-state index is 0.0576. The number of hydrogen-bond acceptors (Lipinski definition) is 15. The lowest BCUT2D eigenvalue weighted by Crippen LogP contribution is -2.43. The molecule has 2 rings (SSSR count).